The molecule has 1 aromatic rings. The van der Waals surface area contributed by atoms with Gasteiger partial charge in [0.2, 0.25) is 0 Å². The molecule has 0 aliphatic carbocycles. The molecule has 26 heavy (non-hydrogen) atoms. The minimum atomic E-state index is -0.809. The topological polar surface area (TPSA) is 98.3 Å². The summed E-state index contributed by atoms with van der Waals surface area (Å²) in [4.78, 5) is 0. The van der Waals surface area contributed by atoms with Crippen LogP contribution in [0.1, 0.15) is 59.8 Å². The first-order valence-electron chi connectivity index (χ1n) is 9.24. The van der Waals surface area contributed by atoms with Gasteiger partial charge < -0.3 is 29.5 Å². The van der Waals surface area contributed by atoms with Crippen molar-refractivity contribution in [2.75, 3.05) is 19.8 Å². The first kappa shape index (κ1) is 18.1. The van der Waals surface area contributed by atoms with Crippen LogP contribution in [0.15, 0.2) is 18.7 Å². The van der Waals surface area contributed by atoms with E-state index in [-0.39, 0.29) is 18.3 Å². The van der Waals surface area contributed by atoms with Gasteiger partial charge in [-0.15, -0.1) is 0 Å². The van der Waals surface area contributed by atoms with Gasteiger partial charge in [-0.25, -0.2) is 0 Å². The monoisotopic (exact) mass is 362 g/mol. The highest BCUT2D eigenvalue weighted by Gasteiger charge is 2.35. The summed E-state index contributed by atoms with van der Waals surface area (Å²) in [6.07, 6.45) is 0.896. The molecule has 3 fully saturated rings. The van der Waals surface area contributed by atoms with Crippen molar-refractivity contribution in [1.82, 2.24) is 0 Å². The summed E-state index contributed by atoms with van der Waals surface area (Å²) in [7, 11) is 0. The molecule has 0 radical (unpaired) electrons. The third kappa shape index (κ3) is 4.34. The fraction of sp³-hybridized carbons (Fsp3) is 0.600. The highest BCUT2D eigenvalue weighted by atomic mass is 16.6. The Hall–Kier alpha value is -1.28. The third-order valence-electron chi connectivity index (χ3n) is 5.22. The van der Waals surface area contributed by atoms with E-state index in [0.29, 0.717) is 55.8 Å². The fourth-order valence-electron chi connectivity index (χ4n) is 3.51. The van der Waals surface area contributed by atoms with E-state index in [9.17, 15) is 15.3 Å². The molecule has 0 saturated carbocycles. The molecule has 6 heteroatoms. The van der Waals surface area contributed by atoms with Crippen LogP contribution in [0.5, 0.6) is 0 Å². The maximum absolute atomic E-state index is 10.9. The molecule has 4 rings (SSSR count). The van der Waals surface area contributed by atoms with E-state index in [2.05, 4.69) is 6.58 Å². The zero-order valence-electron chi connectivity index (χ0n) is 14.7. The Morgan fingerprint density at radius 1 is 0.846 bits per heavy atom. The number of benzene rings is 1. The van der Waals surface area contributed by atoms with Crippen LogP contribution in [-0.2, 0) is 14.2 Å². The summed E-state index contributed by atoms with van der Waals surface area (Å²) < 4.78 is 15.7. The molecule has 3 aliphatic rings. The van der Waals surface area contributed by atoms with E-state index < -0.39 is 18.3 Å². The summed E-state index contributed by atoms with van der Waals surface area (Å²) in [6.45, 7) is 5.76. The highest BCUT2D eigenvalue weighted by Crippen LogP contribution is 2.40. The van der Waals surface area contributed by atoms with Crippen LogP contribution >= 0.6 is 0 Å². The number of hydrogen-bond donors (Lipinski definition) is 3. The van der Waals surface area contributed by atoms with Gasteiger partial charge in [-0.1, -0.05) is 12.7 Å². The summed E-state index contributed by atoms with van der Waals surface area (Å²) in [5, 5.41) is 32.4. The Labute approximate surface area is 153 Å². The molecule has 1 aromatic carbocycles. The summed E-state index contributed by atoms with van der Waals surface area (Å²) in [6, 6.07) is 3.69. The second-order valence-electron chi connectivity index (χ2n) is 7.44. The van der Waals surface area contributed by atoms with Crippen LogP contribution in [0, 0.1) is 0 Å². The fourth-order valence-corrected chi connectivity index (χ4v) is 3.51. The molecule has 6 nitrogen and oxygen atoms in total. The second-order valence-corrected chi connectivity index (χ2v) is 7.44. The summed E-state index contributed by atoms with van der Waals surface area (Å²) >= 11 is 0. The number of aliphatic hydroxyl groups excluding tert-OH is 3. The van der Waals surface area contributed by atoms with E-state index >= 15 is 0 Å². The van der Waals surface area contributed by atoms with Crippen molar-refractivity contribution < 1.29 is 29.5 Å². The minimum absolute atomic E-state index is 0.0394. The number of rotatable bonds is 10. The van der Waals surface area contributed by atoms with Crippen molar-refractivity contribution >= 4 is 6.08 Å². The minimum Gasteiger partial charge on any atom is -0.388 e. The molecule has 3 N–H and O–H groups in total. The van der Waals surface area contributed by atoms with Gasteiger partial charge in [-0.2, -0.15) is 0 Å². The Morgan fingerprint density at radius 3 is 1.58 bits per heavy atom. The van der Waals surface area contributed by atoms with Gasteiger partial charge in [0.1, 0.15) is 0 Å². The molecular weight excluding hydrogens is 336 g/mol. The predicted octanol–water partition coefficient (Wildman–Crippen LogP) is 1.80. The van der Waals surface area contributed by atoms with E-state index in [1.54, 1.807) is 6.08 Å². The zero-order chi connectivity index (χ0) is 18.3. The molecule has 6 unspecified atom stereocenters. The molecule has 0 aromatic heterocycles. The molecule has 3 heterocycles. The largest absolute Gasteiger partial charge is 0.388 e. The van der Waals surface area contributed by atoms with E-state index in [1.807, 2.05) is 12.1 Å². The summed E-state index contributed by atoms with van der Waals surface area (Å²) in [5.74, 6) is 0. The van der Waals surface area contributed by atoms with E-state index in [4.69, 9.17) is 14.2 Å². The van der Waals surface area contributed by atoms with E-state index in [1.165, 1.54) is 0 Å². The lowest BCUT2D eigenvalue weighted by atomic mass is 9.85. The number of aliphatic hydroxyl groups is 3. The Kier molecular flexibility index (Phi) is 5.14. The van der Waals surface area contributed by atoms with Crippen molar-refractivity contribution in [2.45, 2.75) is 55.9 Å². The number of ether oxygens (including phenoxy) is 3. The Morgan fingerprint density at radius 2 is 1.23 bits per heavy atom. The first-order chi connectivity index (χ1) is 12.5. The van der Waals surface area contributed by atoms with Crippen LogP contribution in [-0.4, -0.2) is 53.5 Å². The molecule has 142 valence electrons. The van der Waals surface area contributed by atoms with Crippen molar-refractivity contribution in [3.05, 3.63) is 41.0 Å². The lowest BCUT2D eigenvalue weighted by Gasteiger charge is -2.25. The highest BCUT2D eigenvalue weighted by molar-refractivity contribution is 5.54. The average molecular weight is 362 g/mol. The summed E-state index contributed by atoms with van der Waals surface area (Å²) in [5.41, 5.74) is 2.68. The van der Waals surface area contributed by atoms with Gasteiger partial charge in [0.15, 0.2) is 0 Å². The van der Waals surface area contributed by atoms with Crippen molar-refractivity contribution in [3.63, 3.8) is 0 Å². The van der Waals surface area contributed by atoms with Gasteiger partial charge in [-0.05, 0) is 34.4 Å². The number of epoxide rings is 3. The standard InChI is InChI=1S/C20H26O6/c1-2-11-3-15(17(21)5-12-8-24-12)20(19(23)7-14-10-26-14)16(4-11)18(22)6-13-9-25-13/h2-4,12-14,17-19,21-23H,1,5-10H2. The molecular formula is C20H26O6. The van der Waals surface area contributed by atoms with Crippen LogP contribution in [0.3, 0.4) is 0 Å². The molecule has 0 amide bonds. The van der Waals surface area contributed by atoms with Crippen molar-refractivity contribution in [2.24, 2.45) is 0 Å². The average Bonchev–Trinajstić information content (AvgIpc) is 3.42. The molecule has 3 saturated heterocycles. The van der Waals surface area contributed by atoms with Crippen molar-refractivity contribution in [1.29, 1.82) is 0 Å². The molecule has 0 bridgehead atoms. The Balaban J connectivity index is 1.70. The van der Waals surface area contributed by atoms with Gasteiger partial charge in [0, 0.05) is 19.3 Å². The second kappa shape index (κ2) is 7.38. The normalized spacial score (nSPS) is 29.7. The van der Waals surface area contributed by atoms with Gasteiger partial charge in [0.25, 0.3) is 0 Å². The first-order valence-corrected chi connectivity index (χ1v) is 9.24. The van der Waals surface area contributed by atoms with Crippen LogP contribution < -0.4 is 0 Å². The van der Waals surface area contributed by atoms with Gasteiger partial charge in [0.05, 0.1) is 56.4 Å². The molecule has 6 atom stereocenters. The lowest BCUT2D eigenvalue weighted by molar-refractivity contribution is 0.119. The Bertz CT molecular complexity index is 621. The van der Waals surface area contributed by atoms with E-state index in [0.717, 1.165) is 5.56 Å². The maximum Gasteiger partial charge on any atom is 0.0837 e. The quantitative estimate of drug-likeness (QED) is 0.549. The maximum atomic E-state index is 10.9. The molecule has 0 spiro atoms. The smallest absolute Gasteiger partial charge is 0.0837 e. The van der Waals surface area contributed by atoms with Crippen molar-refractivity contribution in [3.8, 4) is 0 Å². The predicted molar refractivity (Wildman–Crippen MR) is 94.5 cm³/mol. The van der Waals surface area contributed by atoms with Gasteiger partial charge in [-0.3, -0.25) is 0 Å². The van der Waals surface area contributed by atoms with Crippen LogP contribution in [0.4, 0.5) is 0 Å². The molecule has 3 aliphatic heterocycles. The number of hydrogen-bond acceptors (Lipinski definition) is 6. The van der Waals surface area contributed by atoms with Gasteiger partial charge >= 0.3 is 0 Å². The van der Waals surface area contributed by atoms with Crippen LogP contribution in [0.25, 0.3) is 6.08 Å². The SMILES string of the molecule is C=Cc1cc(C(O)CC2CO2)c(C(O)CC2CO2)c(C(O)CC2CO2)c1. The lowest BCUT2D eigenvalue weighted by Crippen LogP contribution is -2.16. The van der Waals surface area contributed by atoms with Crippen LogP contribution in [0.2, 0.25) is 0 Å². The third-order valence-corrected chi connectivity index (χ3v) is 5.22. The zero-order valence-corrected chi connectivity index (χ0v) is 14.7.